The SMILES string of the molecule is O=P12OC(C(O)C(Cc3ccccc3)N1Cc1cccc(CO)c1)C(Cc1ccccc1)N2Cc1cccc(CO)c1. The highest BCUT2D eigenvalue weighted by Crippen LogP contribution is 2.67. The summed E-state index contributed by atoms with van der Waals surface area (Å²) in [4.78, 5) is 0. The zero-order chi connectivity index (χ0) is 29.1. The molecule has 2 aliphatic rings. The molecule has 5 atom stereocenters. The first-order valence-electron chi connectivity index (χ1n) is 14.4. The molecule has 7 nitrogen and oxygen atoms in total. The summed E-state index contributed by atoms with van der Waals surface area (Å²) in [6.45, 7) is 0.463. The molecule has 0 aliphatic carbocycles. The van der Waals surface area contributed by atoms with Gasteiger partial charge < -0.3 is 15.3 Å². The normalized spacial score (nSPS) is 26.0. The molecule has 2 heterocycles. The quantitative estimate of drug-likeness (QED) is 0.224. The topological polar surface area (TPSA) is 93.5 Å². The van der Waals surface area contributed by atoms with Crippen LogP contribution < -0.4 is 0 Å². The largest absolute Gasteiger partial charge is 0.392 e. The highest BCUT2D eigenvalue weighted by molar-refractivity contribution is 7.54. The van der Waals surface area contributed by atoms with Crippen LogP contribution in [-0.4, -0.2) is 49.0 Å². The number of aliphatic hydroxyl groups is 3. The second-order valence-electron chi connectivity index (χ2n) is 11.2. The second kappa shape index (κ2) is 12.6. The lowest BCUT2D eigenvalue weighted by atomic mass is 9.90. The summed E-state index contributed by atoms with van der Waals surface area (Å²) in [6, 6.07) is 34.5. The molecule has 4 aromatic rings. The minimum absolute atomic E-state index is 0.0801. The summed E-state index contributed by atoms with van der Waals surface area (Å²) in [5, 5.41) is 31.6. The molecule has 42 heavy (non-hydrogen) atoms. The number of benzene rings is 4. The molecule has 2 bridgehead atoms. The lowest BCUT2D eigenvalue weighted by Crippen LogP contribution is -2.53. The maximum absolute atomic E-state index is 15.4. The van der Waals surface area contributed by atoms with E-state index in [-0.39, 0.29) is 25.8 Å². The minimum atomic E-state index is -3.66. The highest BCUT2D eigenvalue weighted by Gasteiger charge is 2.62. The highest BCUT2D eigenvalue weighted by atomic mass is 31.2. The molecule has 0 amide bonds. The van der Waals surface area contributed by atoms with Gasteiger partial charge in [0, 0.05) is 13.1 Å². The Labute approximate surface area is 247 Å². The molecular weight excluding hydrogens is 547 g/mol. The van der Waals surface area contributed by atoms with Gasteiger partial charge in [-0.3, -0.25) is 9.09 Å². The maximum Gasteiger partial charge on any atom is 0.347 e. The van der Waals surface area contributed by atoms with Crippen molar-refractivity contribution < 1.29 is 24.4 Å². The lowest BCUT2D eigenvalue weighted by molar-refractivity contribution is -0.0378. The predicted molar refractivity (Wildman–Crippen MR) is 162 cm³/mol. The number of hydrogen-bond acceptors (Lipinski definition) is 5. The van der Waals surface area contributed by atoms with E-state index >= 15 is 4.57 Å². The van der Waals surface area contributed by atoms with Crippen molar-refractivity contribution >= 4 is 7.67 Å². The minimum Gasteiger partial charge on any atom is -0.392 e. The van der Waals surface area contributed by atoms with Gasteiger partial charge in [0.25, 0.3) is 0 Å². The van der Waals surface area contributed by atoms with Crippen LogP contribution in [0.25, 0.3) is 0 Å². The van der Waals surface area contributed by atoms with E-state index < -0.39 is 25.9 Å². The van der Waals surface area contributed by atoms with Crippen LogP contribution in [0.4, 0.5) is 0 Å². The van der Waals surface area contributed by atoms with Gasteiger partial charge in [0.1, 0.15) is 6.10 Å². The number of nitrogens with zero attached hydrogens (tertiary/aromatic N) is 2. The molecule has 218 valence electrons. The van der Waals surface area contributed by atoms with E-state index in [0.717, 1.165) is 33.4 Å². The Morgan fingerprint density at radius 1 is 0.595 bits per heavy atom. The third-order valence-corrected chi connectivity index (χ3v) is 11.1. The van der Waals surface area contributed by atoms with Gasteiger partial charge in [-0.2, -0.15) is 0 Å². The zero-order valence-electron chi connectivity index (χ0n) is 23.4. The third-order valence-electron chi connectivity index (χ3n) is 8.40. The van der Waals surface area contributed by atoms with Crippen LogP contribution in [0.3, 0.4) is 0 Å². The number of hydrogen-bond donors (Lipinski definition) is 3. The summed E-state index contributed by atoms with van der Waals surface area (Å²) < 4.78 is 25.7. The van der Waals surface area contributed by atoms with E-state index in [9.17, 15) is 15.3 Å². The fourth-order valence-corrected chi connectivity index (χ4v) is 9.31. The van der Waals surface area contributed by atoms with Crippen molar-refractivity contribution in [3.63, 3.8) is 0 Å². The fraction of sp³-hybridized carbons (Fsp3) is 0.294. The van der Waals surface area contributed by atoms with Crippen molar-refractivity contribution in [2.24, 2.45) is 0 Å². The van der Waals surface area contributed by atoms with Gasteiger partial charge in [0.15, 0.2) is 0 Å². The Morgan fingerprint density at radius 3 is 1.52 bits per heavy atom. The summed E-state index contributed by atoms with van der Waals surface area (Å²) in [5.74, 6) is 0. The van der Waals surface area contributed by atoms with E-state index in [1.54, 1.807) is 0 Å². The van der Waals surface area contributed by atoms with Crippen LogP contribution >= 0.6 is 7.67 Å². The van der Waals surface area contributed by atoms with E-state index in [1.807, 2.05) is 106 Å². The zero-order valence-corrected chi connectivity index (χ0v) is 24.3. The smallest absolute Gasteiger partial charge is 0.347 e. The Balaban J connectivity index is 1.44. The Hall–Kier alpha value is -3.13. The van der Waals surface area contributed by atoms with Gasteiger partial charge in [0.05, 0.1) is 31.4 Å². The summed E-state index contributed by atoms with van der Waals surface area (Å²) in [7, 11) is -3.66. The first kappa shape index (κ1) is 29.0. The first-order valence-corrected chi connectivity index (χ1v) is 16.0. The molecule has 2 saturated heterocycles. The van der Waals surface area contributed by atoms with Crippen molar-refractivity contribution in [3.05, 3.63) is 143 Å². The lowest BCUT2D eigenvalue weighted by Gasteiger charge is -2.43. The molecular formula is C34H37N2O5P. The Kier molecular flexibility index (Phi) is 8.70. The van der Waals surface area contributed by atoms with Crippen LogP contribution in [-0.2, 0) is 48.2 Å². The third kappa shape index (κ3) is 5.87. The molecule has 5 unspecified atom stereocenters. The second-order valence-corrected chi connectivity index (χ2v) is 13.4. The monoisotopic (exact) mass is 584 g/mol. The molecule has 0 aromatic heterocycles. The maximum atomic E-state index is 15.4. The molecule has 4 aromatic carbocycles. The average molecular weight is 585 g/mol. The van der Waals surface area contributed by atoms with Crippen LogP contribution in [0.15, 0.2) is 109 Å². The Bertz CT molecular complexity index is 1500. The van der Waals surface area contributed by atoms with E-state index in [0.29, 0.717) is 19.4 Å². The summed E-state index contributed by atoms with van der Waals surface area (Å²) in [6.07, 6.45) is -0.461. The van der Waals surface area contributed by atoms with Crippen LogP contribution in [0.2, 0.25) is 0 Å². The van der Waals surface area contributed by atoms with E-state index in [2.05, 4.69) is 12.1 Å². The van der Waals surface area contributed by atoms with E-state index in [4.69, 9.17) is 4.52 Å². The molecule has 2 fully saturated rings. The first-order chi connectivity index (χ1) is 20.5. The van der Waals surface area contributed by atoms with Crippen molar-refractivity contribution in [1.29, 1.82) is 0 Å². The van der Waals surface area contributed by atoms with Crippen molar-refractivity contribution in [1.82, 2.24) is 9.34 Å². The Morgan fingerprint density at radius 2 is 1.02 bits per heavy atom. The van der Waals surface area contributed by atoms with E-state index in [1.165, 1.54) is 0 Å². The molecule has 8 heteroatoms. The predicted octanol–water partition coefficient (Wildman–Crippen LogP) is 5.08. The van der Waals surface area contributed by atoms with Crippen LogP contribution in [0.5, 0.6) is 0 Å². The van der Waals surface area contributed by atoms with Gasteiger partial charge in [0.2, 0.25) is 0 Å². The molecule has 0 spiro atoms. The van der Waals surface area contributed by atoms with Crippen molar-refractivity contribution in [3.8, 4) is 0 Å². The van der Waals surface area contributed by atoms with Gasteiger partial charge >= 0.3 is 7.67 Å². The van der Waals surface area contributed by atoms with Crippen LogP contribution in [0.1, 0.15) is 33.4 Å². The van der Waals surface area contributed by atoms with Gasteiger partial charge in [-0.15, -0.1) is 0 Å². The van der Waals surface area contributed by atoms with Gasteiger partial charge in [-0.25, -0.2) is 9.34 Å². The number of rotatable bonds is 10. The number of aliphatic hydroxyl groups excluding tert-OH is 3. The molecule has 6 rings (SSSR count). The van der Waals surface area contributed by atoms with Crippen molar-refractivity contribution in [2.75, 3.05) is 0 Å². The molecule has 0 radical (unpaired) electrons. The van der Waals surface area contributed by atoms with Gasteiger partial charge in [-0.1, -0.05) is 109 Å². The molecule has 0 saturated carbocycles. The van der Waals surface area contributed by atoms with Crippen LogP contribution in [0, 0.1) is 0 Å². The molecule has 3 N–H and O–H groups in total. The molecule has 2 aliphatic heterocycles. The van der Waals surface area contributed by atoms with Crippen molar-refractivity contribution in [2.45, 2.75) is 63.4 Å². The summed E-state index contributed by atoms with van der Waals surface area (Å²) in [5.41, 5.74) is 5.49. The summed E-state index contributed by atoms with van der Waals surface area (Å²) >= 11 is 0. The van der Waals surface area contributed by atoms with Gasteiger partial charge in [-0.05, 0) is 46.2 Å². The fourth-order valence-electron chi connectivity index (χ4n) is 6.33. The standard InChI is InChI=1S/C34H37N2O5P/c37-23-29-15-7-13-27(17-29)21-35-31(19-25-9-3-1-4-10-25)33(39)34-32(20-26-11-5-2-6-12-26)36(42(35,40)41-34)22-28-14-8-16-30(18-28)24-38/h1-18,31-34,37-39H,19-24H2. The average Bonchev–Trinajstić information content (AvgIpc) is 3.28. The number of fused-ring (bicyclic) bond motifs is 2.